The first-order valence-corrected chi connectivity index (χ1v) is 14.0. The van der Waals surface area contributed by atoms with Crippen LogP contribution in [0, 0.1) is 0 Å². The Kier molecular flexibility index (Phi) is 8.29. The lowest BCUT2D eigenvalue weighted by atomic mass is 10.1. The zero-order valence-electron chi connectivity index (χ0n) is 21.8. The number of benzene rings is 2. The monoisotopic (exact) mass is 564 g/mol. The van der Waals surface area contributed by atoms with Crippen LogP contribution in [0.15, 0.2) is 72.0 Å². The molecule has 2 heterocycles. The summed E-state index contributed by atoms with van der Waals surface area (Å²) in [6.07, 6.45) is 2.17. The number of pyridine rings is 1. The van der Waals surface area contributed by atoms with Crippen LogP contribution in [-0.4, -0.2) is 58.6 Å². The van der Waals surface area contributed by atoms with Crippen molar-refractivity contribution in [3.8, 4) is 0 Å². The van der Waals surface area contributed by atoms with Crippen molar-refractivity contribution >= 4 is 50.2 Å². The SMILES string of the molecule is Cn1c(CNc2ccc(/C(N)=N/O)cc2)nc2cc(C(=O)N(CCC(=O)NS(C)(=O)=O)c3ccccn3)ccc21. The Balaban J connectivity index is 1.53. The highest BCUT2D eigenvalue weighted by Crippen LogP contribution is 2.21. The summed E-state index contributed by atoms with van der Waals surface area (Å²) in [6, 6.07) is 17.2. The van der Waals surface area contributed by atoms with Gasteiger partial charge in [-0.25, -0.2) is 18.4 Å². The Hall–Kier alpha value is -4.98. The lowest BCUT2D eigenvalue weighted by Gasteiger charge is -2.21. The minimum atomic E-state index is -3.72. The summed E-state index contributed by atoms with van der Waals surface area (Å²) < 4.78 is 26.6. The first kappa shape index (κ1) is 28.0. The largest absolute Gasteiger partial charge is 0.409 e. The Morgan fingerprint density at radius 2 is 1.82 bits per heavy atom. The second kappa shape index (κ2) is 11.8. The van der Waals surface area contributed by atoms with Gasteiger partial charge in [0.1, 0.15) is 11.6 Å². The van der Waals surface area contributed by atoms with Gasteiger partial charge in [-0.15, -0.1) is 0 Å². The Morgan fingerprint density at radius 1 is 1.10 bits per heavy atom. The van der Waals surface area contributed by atoms with Crippen LogP contribution < -0.4 is 20.7 Å². The van der Waals surface area contributed by atoms with E-state index in [1.54, 1.807) is 60.7 Å². The van der Waals surface area contributed by atoms with E-state index in [-0.39, 0.29) is 18.8 Å². The summed E-state index contributed by atoms with van der Waals surface area (Å²) in [5.41, 5.74) is 8.75. The van der Waals surface area contributed by atoms with Crippen LogP contribution in [0.25, 0.3) is 11.0 Å². The highest BCUT2D eigenvalue weighted by Gasteiger charge is 2.22. The normalized spacial score (nSPS) is 11.8. The number of anilines is 2. The molecule has 4 aromatic rings. The number of amides is 2. The van der Waals surface area contributed by atoms with Crippen molar-refractivity contribution in [2.45, 2.75) is 13.0 Å². The van der Waals surface area contributed by atoms with Crippen LogP contribution in [0.4, 0.5) is 11.5 Å². The van der Waals surface area contributed by atoms with Crippen LogP contribution in [0.2, 0.25) is 0 Å². The number of amidine groups is 1. The second-order valence-corrected chi connectivity index (χ2v) is 10.6. The summed E-state index contributed by atoms with van der Waals surface area (Å²) in [6.45, 7) is 0.314. The number of carbonyl (C=O) groups excluding carboxylic acids is 2. The molecule has 0 atom stereocenters. The van der Waals surface area contributed by atoms with Gasteiger partial charge in [0.2, 0.25) is 15.9 Å². The third-order valence-corrected chi connectivity index (χ3v) is 6.59. The number of aromatic nitrogens is 3. The first-order chi connectivity index (χ1) is 19.1. The number of rotatable bonds is 10. The smallest absolute Gasteiger partial charge is 0.259 e. The molecule has 4 rings (SSSR count). The van der Waals surface area contributed by atoms with E-state index in [2.05, 4.69) is 20.4 Å². The van der Waals surface area contributed by atoms with Gasteiger partial charge in [-0.3, -0.25) is 19.2 Å². The van der Waals surface area contributed by atoms with Gasteiger partial charge in [-0.1, -0.05) is 11.2 Å². The second-order valence-electron chi connectivity index (χ2n) is 8.90. The molecule has 0 aliphatic rings. The molecule has 0 radical (unpaired) electrons. The number of oxime groups is 1. The number of nitrogens with two attached hydrogens (primary N) is 1. The average molecular weight is 565 g/mol. The van der Waals surface area contributed by atoms with Crippen LogP contribution in [0.1, 0.15) is 28.2 Å². The maximum absolute atomic E-state index is 13.5. The number of hydrogen-bond acceptors (Lipinski definition) is 9. The zero-order valence-corrected chi connectivity index (χ0v) is 22.6. The van der Waals surface area contributed by atoms with Gasteiger partial charge in [-0.05, 0) is 54.6 Å². The highest BCUT2D eigenvalue weighted by atomic mass is 32.2. The number of hydrogen-bond donors (Lipinski definition) is 4. The number of carbonyl (C=O) groups is 2. The maximum Gasteiger partial charge on any atom is 0.259 e. The summed E-state index contributed by atoms with van der Waals surface area (Å²) in [5.74, 6) is -0.0778. The summed E-state index contributed by atoms with van der Waals surface area (Å²) in [7, 11) is -1.85. The molecule has 40 heavy (non-hydrogen) atoms. The fourth-order valence-corrected chi connectivity index (χ4v) is 4.51. The van der Waals surface area contributed by atoms with Crippen molar-refractivity contribution in [3.63, 3.8) is 0 Å². The van der Waals surface area contributed by atoms with E-state index in [0.29, 0.717) is 29.0 Å². The van der Waals surface area contributed by atoms with E-state index in [1.807, 2.05) is 16.3 Å². The molecule has 0 saturated carbocycles. The number of nitrogens with one attached hydrogen (secondary N) is 2. The molecule has 0 fully saturated rings. The van der Waals surface area contributed by atoms with Gasteiger partial charge in [-0.2, -0.15) is 0 Å². The molecule has 14 heteroatoms. The number of aryl methyl sites for hydroxylation is 1. The third kappa shape index (κ3) is 6.71. The molecule has 0 spiro atoms. The molecule has 2 aromatic carbocycles. The summed E-state index contributed by atoms with van der Waals surface area (Å²) in [4.78, 5) is 35.9. The molecular formula is C26H28N8O5S. The van der Waals surface area contributed by atoms with E-state index in [1.165, 1.54) is 11.1 Å². The topological polar surface area (TPSA) is 185 Å². The van der Waals surface area contributed by atoms with Crippen molar-refractivity contribution in [2.24, 2.45) is 17.9 Å². The highest BCUT2D eigenvalue weighted by molar-refractivity contribution is 7.89. The molecule has 2 amide bonds. The van der Waals surface area contributed by atoms with Crippen molar-refractivity contribution in [2.75, 3.05) is 23.0 Å². The number of sulfonamides is 1. The maximum atomic E-state index is 13.5. The first-order valence-electron chi connectivity index (χ1n) is 12.1. The number of fused-ring (bicyclic) bond motifs is 1. The van der Waals surface area contributed by atoms with Gasteiger partial charge in [0, 0.05) is 43.0 Å². The minimum Gasteiger partial charge on any atom is -0.409 e. The molecule has 0 saturated heterocycles. The minimum absolute atomic E-state index is 0.0195. The predicted octanol–water partition coefficient (Wildman–Crippen LogP) is 1.79. The summed E-state index contributed by atoms with van der Waals surface area (Å²) >= 11 is 0. The van der Waals surface area contributed by atoms with Crippen molar-refractivity contribution in [3.05, 3.63) is 83.8 Å². The predicted molar refractivity (Wildman–Crippen MR) is 151 cm³/mol. The molecular weight excluding hydrogens is 536 g/mol. The van der Waals surface area contributed by atoms with Gasteiger partial charge >= 0.3 is 0 Å². The lowest BCUT2D eigenvalue weighted by Crippen LogP contribution is -2.37. The van der Waals surface area contributed by atoms with Gasteiger partial charge in [0.25, 0.3) is 5.91 Å². The molecule has 0 unspecified atom stereocenters. The fourth-order valence-electron chi connectivity index (χ4n) is 4.00. The molecule has 0 bridgehead atoms. The van der Waals surface area contributed by atoms with Gasteiger partial charge < -0.3 is 20.8 Å². The average Bonchev–Trinajstić information content (AvgIpc) is 3.25. The van der Waals surface area contributed by atoms with Crippen LogP contribution in [0.3, 0.4) is 0 Å². The molecule has 0 aliphatic carbocycles. The lowest BCUT2D eigenvalue weighted by molar-refractivity contribution is -0.119. The fraction of sp³-hybridized carbons (Fsp3) is 0.192. The summed E-state index contributed by atoms with van der Waals surface area (Å²) in [5, 5.41) is 15.1. The van der Waals surface area contributed by atoms with Crippen LogP contribution in [0.5, 0.6) is 0 Å². The van der Waals surface area contributed by atoms with Crippen molar-refractivity contribution < 1.29 is 23.2 Å². The van der Waals surface area contributed by atoms with E-state index in [4.69, 9.17) is 10.9 Å². The Morgan fingerprint density at radius 3 is 2.48 bits per heavy atom. The Bertz CT molecular complexity index is 1670. The Labute approximate surface area is 230 Å². The van der Waals surface area contributed by atoms with Crippen molar-refractivity contribution in [1.82, 2.24) is 19.3 Å². The molecule has 2 aromatic heterocycles. The third-order valence-electron chi connectivity index (χ3n) is 5.99. The van der Waals surface area contributed by atoms with E-state index in [9.17, 15) is 18.0 Å². The molecule has 13 nitrogen and oxygen atoms in total. The number of imidazole rings is 1. The van der Waals surface area contributed by atoms with E-state index >= 15 is 0 Å². The van der Waals surface area contributed by atoms with E-state index in [0.717, 1.165) is 23.3 Å². The van der Waals surface area contributed by atoms with E-state index < -0.39 is 21.8 Å². The zero-order chi connectivity index (χ0) is 28.9. The molecule has 208 valence electrons. The van der Waals surface area contributed by atoms with Crippen molar-refractivity contribution in [1.29, 1.82) is 0 Å². The van der Waals surface area contributed by atoms with Crippen LogP contribution >= 0.6 is 0 Å². The molecule has 5 N–H and O–H groups in total. The standard InChI is InChI=1S/C26H28N8O5S/c1-33-21-11-8-18(15-20(21)30-23(33)16-29-19-9-6-17(7-10-19)25(27)31-37)26(36)34(22-5-3-4-13-28-22)14-12-24(35)32-40(2,38)39/h3-11,13,15,29,37H,12,14,16H2,1-2H3,(H2,27,31)(H,32,35). The quantitative estimate of drug-likeness (QED) is 0.0964. The van der Waals surface area contributed by atoms with Crippen LogP contribution in [-0.2, 0) is 28.4 Å². The molecule has 0 aliphatic heterocycles. The van der Waals surface area contributed by atoms with Gasteiger partial charge in [0.05, 0.1) is 23.8 Å². The number of nitrogens with zero attached hydrogens (tertiary/aromatic N) is 5. The van der Waals surface area contributed by atoms with Gasteiger partial charge in [0.15, 0.2) is 5.84 Å².